The average molecular weight is 455 g/mol. The third-order valence-corrected chi connectivity index (χ3v) is 6.83. The van der Waals surface area contributed by atoms with Gasteiger partial charge in [-0.15, -0.1) is 11.8 Å². The molecule has 1 fully saturated rings. The van der Waals surface area contributed by atoms with Crippen LogP contribution in [0.1, 0.15) is 23.5 Å². The predicted molar refractivity (Wildman–Crippen MR) is 123 cm³/mol. The van der Waals surface area contributed by atoms with E-state index in [4.69, 9.17) is 9.84 Å². The molecule has 2 aliphatic rings. The van der Waals surface area contributed by atoms with E-state index in [9.17, 15) is 14.4 Å². The Bertz CT molecular complexity index is 966. The number of nitrogens with one attached hydrogen (secondary N) is 2. The minimum Gasteiger partial charge on any atom is -0.481 e. The summed E-state index contributed by atoms with van der Waals surface area (Å²) in [5.41, 5.74) is 4.71. The number of hydrogen-bond donors (Lipinski definition) is 3. The second-order valence-corrected chi connectivity index (χ2v) is 9.15. The van der Waals surface area contributed by atoms with E-state index in [2.05, 4.69) is 34.9 Å². The van der Waals surface area contributed by atoms with Crippen LogP contribution in [0.25, 0.3) is 11.1 Å². The molecule has 0 aliphatic heterocycles. The van der Waals surface area contributed by atoms with Crippen LogP contribution in [0, 0.1) is 11.8 Å². The molecular weight excluding hydrogens is 428 g/mol. The van der Waals surface area contributed by atoms with E-state index >= 15 is 0 Å². The number of carboxylic acid groups (broad SMARTS) is 1. The number of carbonyl (C=O) groups excluding carboxylic acids is 2. The summed E-state index contributed by atoms with van der Waals surface area (Å²) in [6.45, 7) is 1.12. The number of amides is 2. The maximum absolute atomic E-state index is 12.2. The highest BCUT2D eigenvalue weighted by molar-refractivity contribution is 7.99. The molecule has 1 saturated carbocycles. The zero-order valence-electron chi connectivity index (χ0n) is 17.6. The summed E-state index contributed by atoms with van der Waals surface area (Å²) in [5, 5.41) is 14.2. The third kappa shape index (κ3) is 5.24. The fourth-order valence-electron chi connectivity index (χ4n) is 4.20. The van der Waals surface area contributed by atoms with Crippen molar-refractivity contribution in [1.29, 1.82) is 0 Å². The highest BCUT2D eigenvalue weighted by Crippen LogP contribution is 2.44. The summed E-state index contributed by atoms with van der Waals surface area (Å²) in [5.74, 6) is -0.273. The van der Waals surface area contributed by atoms with Crippen LogP contribution in [0.15, 0.2) is 48.5 Å². The number of benzene rings is 2. The van der Waals surface area contributed by atoms with Gasteiger partial charge >= 0.3 is 12.1 Å². The number of aliphatic carboxylic acids is 1. The van der Waals surface area contributed by atoms with Gasteiger partial charge in [0.25, 0.3) is 0 Å². The SMILES string of the molecule is O=C(O)CSCCNC(=O)[C@H]1C[C@H]1CNC(=O)OCC1c2ccccc2-c2ccccc21. The quantitative estimate of drug-likeness (QED) is 0.477. The van der Waals surface area contributed by atoms with Gasteiger partial charge in [-0.1, -0.05) is 48.5 Å². The molecule has 0 bridgehead atoms. The van der Waals surface area contributed by atoms with E-state index in [0.717, 1.165) is 6.42 Å². The standard InChI is InChI=1S/C24H26N2O5S/c27-22(28)14-32-10-9-25-23(29)20-11-15(20)12-26-24(30)31-13-21-18-7-3-1-5-16(18)17-6-2-4-8-19(17)21/h1-8,15,20-21H,9-14H2,(H,25,29)(H,26,30)(H,27,28)/t15-,20-/m0/s1. The van der Waals surface area contributed by atoms with Gasteiger partial charge in [-0.05, 0) is 34.6 Å². The Morgan fingerprint density at radius 1 is 1.00 bits per heavy atom. The monoisotopic (exact) mass is 454 g/mol. The molecule has 4 rings (SSSR count). The van der Waals surface area contributed by atoms with Gasteiger partial charge in [0.2, 0.25) is 5.91 Å². The van der Waals surface area contributed by atoms with Crippen molar-refractivity contribution in [1.82, 2.24) is 10.6 Å². The molecular formula is C24H26N2O5S. The number of carbonyl (C=O) groups is 3. The Morgan fingerprint density at radius 2 is 1.66 bits per heavy atom. The molecule has 0 aromatic heterocycles. The van der Waals surface area contributed by atoms with Crippen molar-refractivity contribution in [2.24, 2.45) is 11.8 Å². The van der Waals surface area contributed by atoms with Crippen LogP contribution < -0.4 is 10.6 Å². The second-order valence-electron chi connectivity index (χ2n) is 8.05. The molecule has 0 heterocycles. The minimum atomic E-state index is -0.858. The second kappa shape index (κ2) is 10.1. The molecule has 168 valence electrons. The topological polar surface area (TPSA) is 105 Å². The van der Waals surface area contributed by atoms with E-state index in [1.165, 1.54) is 34.0 Å². The molecule has 2 aromatic rings. The molecule has 3 N–H and O–H groups in total. The average Bonchev–Trinajstić information content (AvgIpc) is 3.51. The fraction of sp³-hybridized carbons (Fsp3) is 0.375. The molecule has 7 nitrogen and oxygen atoms in total. The molecule has 2 amide bonds. The molecule has 8 heteroatoms. The van der Waals surface area contributed by atoms with Crippen molar-refractivity contribution in [3.05, 3.63) is 59.7 Å². The van der Waals surface area contributed by atoms with E-state index in [1.807, 2.05) is 24.3 Å². The van der Waals surface area contributed by atoms with E-state index in [-0.39, 0.29) is 36.0 Å². The number of hydrogen-bond acceptors (Lipinski definition) is 5. The summed E-state index contributed by atoms with van der Waals surface area (Å²) >= 11 is 1.27. The normalized spacial score (nSPS) is 18.4. The van der Waals surface area contributed by atoms with Gasteiger partial charge < -0.3 is 20.5 Å². The Hall–Kier alpha value is -3.00. The van der Waals surface area contributed by atoms with Crippen molar-refractivity contribution in [2.75, 3.05) is 31.2 Å². The van der Waals surface area contributed by atoms with Crippen molar-refractivity contribution in [3.8, 4) is 11.1 Å². The first kappa shape index (κ1) is 22.2. The molecule has 0 spiro atoms. The summed E-state index contributed by atoms with van der Waals surface area (Å²) in [7, 11) is 0. The fourth-order valence-corrected chi connectivity index (χ4v) is 4.76. The third-order valence-electron chi connectivity index (χ3n) is 5.88. The van der Waals surface area contributed by atoms with Gasteiger partial charge in [0.05, 0.1) is 5.75 Å². The minimum absolute atomic E-state index is 0.0200. The van der Waals surface area contributed by atoms with Gasteiger partial charge in [-0.2, -0.15) is 0 Å². The van der Waals surface area contributed by atoms with Crippen LogP contribution in [-0.2, 0) is 14.3 Å². The van der Waals surface area contributed by atoms with Gasteiger partial charge in [0, 0.05) is 30.7 Å². The van der Waals surface area contributed by atoms with E-state index in [0.29, 0.717) is 18.8 Å². The molecule has 32 heavy (non-hydrogen) atoms. The lowest BCUT2D eigenvalue weighted by Crippen LogP contribution is -2.31. The van der Waals surface area contributed by atoms with Crippen LogP contribution in [0.2, 0.25) is 0 Å². The summed E-state index contributed by atoms with van der Waals surface area (Å²) in [6.07, 6.45) is 0.264. The number of carboxylic acids is 1. The Kier molecular flexibility index (Phi) is 6.99. The van der Waals surface area contributed by atoms with E-state index < -0.39 is 12.1 Å². The van der Waals surface area contributed by atoms with Crippen LogP contribution in [0.5, 0.6) is 0 Å². The summed E-state index contributed by atoms with van der Waals surface area (Å²) < 4.78 is 5.52. The molecule has 2 aromatic carbocycles. The van der Waals surface area contributed by atoms with Crippen LogP contribution >= 0.6 is 11.8 Å². The van der Waals surface area contributed by atoms with Crippen molar-refractivity contribution in [2.45, 2.75) is 12.3 Å². The van der Waals surface area contributed by atoms with Gasteiger partial charge in [-0.25, -0.2) is 4.79 Å². The summed E-state index contributed by atoms with van der Waals surface area (Å²) in [4.78, 5) is 34.8. The number of alkyl carbamates (subject to hydrolysis) is 1. The maximum atomic E-state index is 12.2. The summed E-state index contributed by atoms with van der Waals surface area (Å²) in [6, 6.07) is 16.4. The van der Waals surface area contributed by atoms with E-state index in [1.54, 1.807) is 0 Å². The Labute approximate surface area is 190 Å². The Morgan fingerprint density at radius 3 is 2.31 bits per heavy atom. The first-order valence-corrected chi connectivity index (χ1v) is 11.9. The Balaban J connectivity index is 1.18. The van der Waals surface area contributed by atoms with Gasteiger partial charge in [0.15, 0.2) is 0 Å². The zero-order chi connectivity index (χ0) is 22.5. The molecule has 0 saturated heterocycles. The lowest BCUT2D eigenvalue weighted by molar-refractivity contribution is -0.133. The van der Waals surface area contributed by atoms with Gasteiger partial charge in [0.1, 0.15) is 6.61 Å². The lowest BCUT2D eigenvalue weighted by atomic mass is 9.98. The number of rotatable bonds is 10. The largest absolute Gasteiger partial charge is 0.481 e. The first-order chi connectivity index (χ1) is 15.5. The smallest absolute Gasteiger partial charge is 0.407 e. The number of ether oxygens (including phenoxy) is 1. The van der Waals surface area contributed by atoms with Crippen LogP contribution in [0.4, 0.5) is 4.79 Å². The van der Waals surface area contributed by atoms with Crippen molar-refractivity contribution in [3.63, 3.8) is 0 Å². The first-order valence-electron chi connectivity index (χ1n) is 10.7. The number of fused-ring (bicyclic) bond motifs is 3. The van der Waals surface area contributed by atoms with Crippen LogP contribution in [0.3, 0.4) is 0 Å². The highest BCUT2D eigenvalue weighted by Gasteiger charge is 2.42. The molecule has 0 unspecified atom stereocenters. The zero-order valence-corrected chi connectivity index (χ0v) is 18.4. The van der Waals surface area contributed by atoms with Crippen molar-refractivity contribution >= 4 is 29.7 Å². The van der Waals surface area contributed by atoms with Crippen molar-refractivity contribution < 1.29 is 24.2 Å². The molecule has 2 aliphatic carbocycles. The maximum Gasteiger partial charge on any atom is 0.407 e. The van der Waals surface area contributed by atoms with Crippen LogP contribution in [-0.4, -0.2) is 54.3 Å². The number of thioether (sulfide) groups is 1. The predicted octanol–water partition coefficient (Wildman–Crippen LogP) is 3.10. The molecule has 2 atom stereocenters. The molecule has 0 radical (unpaired) electrons. The lowest BCUT2D eigenvalue weighted by Gasteiger charge is -2.14. The highest BCUT2D eigenvalue weighted by atomic mass is 32.2. The van der Waals surface area contributed by atoms with Gasteiger partial charge in [-0.3, -0.25) is 9.59 Å².